The minimum Gasteiger partial charge on any atom is -0.507 e. The van der Waals surface area contributed by atoms with Crippen molar-refractivity contribution in [1.82, 2.24) is 0 Å². The van der Waals surface area contributed by atoms with Crippen molar-refractivity contribution in [3.8, 4) is 5.75 Å². The zero-order chi connectivity index (χ0) is 14.9. The molecule has 0 amide bonds. The number of aromatic hydroxyl groups is 1. The van der Waals surface area contributed by atoms with Crippen molar-refractivity contribution in [3.63, 3.8) is 0 Å². The Morgan fingerprint density at radius 2 is 1.37 bits per heavy atom. The van der Waals surface area contributed by atoms with E-state index in [0.717, 1.165) is 0 Å². The summed E-state index contributed by atoms with van der Waals surface area (Å²) >= 11 is 0. The zero-order valence-electron chi connectivity index (χ0n) is 12.4. The Bertz CT molecular complexity index is 463. The molecular formula is C14H23O4P. The Kier molecular flexibility index (Phi) is 4.51. The lowest BCUT2D eigenvalue weighted by Gasteiger charge is -2.32. The van der Waals surface area contributed by atoms with Crippen LogP contribution in [-0.4, -0.2) is 16.3 Å². The SMILES string of the molecule is CC(C)(C)OP(=O)(OC(C)(C)C)c1ccccc1O. The summed E-state index contributed by atoms with van der Waals surface area (Å²) in [5.41, 5.74) is -1.30. The van der Waals surface area contributed by atoms with E-state index in [1.165, 1.54) is 6.07 Å². The number of rotatable bonds is 3. The Morgan fingerprint density at radius 1 is 0.947 bits per heavy atom. The molecule has 1 aromatic rings. The number of benzene rings is 1. The van der Waals surface area contributed by atoms with Crippen molar-refractivity contribution in [2.45, 2.75) is 52.7 Å². The van der Waals surface area contributed by atoms with Crippen molar-refractivity contribution in [3.05, 3.63) is 24.3 Å². The van der Waals surface area contributed by atoms with Gasteiger partial charge in [-0.2, -0.15) is 0 Å². The molecule has 1 N–H and O–H groups in total. The maximum atomic E-state index is 13.1. The third-order valence-electron chi connectivity index (χ3n) is 1.96. The molecule has 0 atom stereocenters. The molecule has 0 aliphatic rings. The molecule has 0 aliphatic heterocycles. The van der Waals surface area contributed by atoms with Gasteiger partial charge in [-0.3, -0.25) is 13.6 Å². The Labute approximate surface area is 115 Å². The van der Waals surface area contributed by atoms with Gasteiger partial charge in [0.2, 0.25) is 0 Å². The third kappa shape index (κ3) is 4.98. The van der Waals surface area contributed by atoms with Gasteiger partial charge in [0.05, 0.1) is 11.2 Å². The minimum atomic E-state index is -3.60. The van der Waals surface area contributed by atoms with Crippen LogP contribution in [0.25, 0.3) is 0 Å². The lowest BCUT2D eigenvalue weighted by molar-refractivity contribution is 0.0547. The molecule has 19 heavy (non-hydrogen) atoms. The van der Waals surface area contributed by atoms with Crippen molar-refractivity contribution in [1.29, 1.82) is 0 Å². The molecule has 1 rings (SSSR count). The molecule has 108 valence electrons. The van der Waals surface area contributed by atoms with E-state index in [1.807, 2.05) is 0 Å². The molecule has 0 aromatic heterocycles. The van der Waals surface area contributed by atoms with Crippen molar-refractivity contribution in [2.75, 3.05) is 0 Å². The van der Waals surface area contributed by atoms with Crippen LogP contribution in [0.4, 0.5) is 0 Å². The van der Waals surface area contributed by atoms with E-state index < -0.39 is 18.8 Å². The van der Waals surface area contributed by atoms with Crippen molar-refractivity contribution in [2.24, 2.45) is 0 Å². The highest BCUT2D eigenvalue weighted by Crippen LogP contribution is 2.54. The molecule has 0 fully saturated rings. The predicted molar refractivity (Wildman–Crippen MR) is 77.0 cm³/mol. The lowest BCUT2D eigenvalue weighted by Crippen LogP contribution is -2.28. The number of phenolic OH excluding ortho intramolecular Hbond substituents is 1. The molecule has 0 saturated carbocycles. The van der Waals surface area contributed by atoms with Crippen LogP contribution >= 0.6 is 7.60 Å². The first-order chi connectivity index (χ1) is 8.43. The topological polar surface area (TPSA) is 55.8 Å². The van der Waals surface area contributed by atoms with Crippen molar-refractivity contribution >= 4 is 12.9 Å². The molecule has 0 radical (unpaired) electrons. The molecule has 0 unspecified atom stereocenters. The van der Waals surface area contributed by atoms with E-state index in [9.17, 15) is 9.67 Å². The van der Waals surface area contributed by atoms with Gasteiger partial charge in [0, 0.05) is 0 Å². The Hall–Kier alpha value is -0.830. The van der Waals surface area contributed by atoms with Crippen LogP contribution < -0.4 is 5.30 Å². The normalized spacial score (nSPS) is 13.6. The van der Waals surface area contributed by atoms with Gasteiger partial charge < -0.3 is 5.11 Å². The molecule has 0 heterocycles. The van der Waals surface area contributed by atoms with Gasteiger partial charge in [0.1, 0.15) is 11.1 Å². The fraction of sp³-hybridized carbons (Fsp3) is 0.571. The average Bonchev–Trinajstić information content (AvgIpc) is 2.11. The number of phenols is 1. The monoisotopic (exact) mass is 286 g/mol. The molecule has 4 nitrogen and oxygen atoms in total. The van der Waals surface area contributed by atoms with E-state index >= 15 is 0 Å². The number of para-hydroxylation sites is 1. The van der Waals surface area contributed by atoms with E-state index in [1.54, 1.807) is 59.7 Å². The summed E-state index contributed by atoms with van der Waals surface area (Å²) in [7, 11) is -3.60. The average molecular weight is 286 g/mol. The van der Waals surface area contributed by atoms with Crippen LogP contribution in [0.5, 0.6) is 5.75 Å². The number of hydrogen-bond donors (Lipinski definition) is 1. The first-order valence-corrected chi connectivity index (χ1v) is 7.77. The Morgan fingerprint density at radius 3 is 1.74 bits per heavy atom. The first-order valence-electron chi connectivity index (χ1n) is 6.23. The van der Waals surface area contributed by atoms with Gasteiger partial charge >= 0.3 is 7.60 Å². The molecule has 5 heteroatoms. The van der Waals surface area contributed by atoms with E-state index in [2.05, 4.69) is 0 Å². The second kappa shape index (κ2) is 5.28. The van der Waals surface area contributed by atoms with E-state index in [0.29, 0.717) is 0 Å². The highest BCUT2D eigenvalue weighted by Gasteiger charge is 2.38. The maximum absolute atomic E-state index is 13.1. The highest BCUT2D eigenvalue weighted by atomic mass is 31.2. The largest absolute Gasteiger partial charge is 0.507 e. The van der Waals surface area contributed by atoms with Crippen LogP contribution in [-0.2, 0) is 13.6 Å². The molecular weight excluding hydrogens is 263 g/mol. The standard InChI is InChI=1S/C14H23O4P/c1-13(2,3)17-19(16,18-14(4,5)6)12-10-8-7-9-11(12)15/h7-10,15H,1-6H3. The fourth-order valence-corrected chi connectivity index (χ4v) is 3.83. The summed E-state index contributed by atoms with van der Waals surface area (Å²) in [6.45, 7) is 10.8. The molecule has 1 aromatic carbocycles. The lowest BCUT2D eigenvalue weighted by atomic mass is 10.2. The first kappa shape index (κ1) is 16.2. The van der Waals surface area contributed by atoms with Crippen LogP contribution in [0.2, 0.25) is 0 Å². The van der Waals surface area contributed by atoms with Crippen LogP contribution in [0.1, 0.15) is 41.5 Å². The van der Waals surface area contributed by atoms with Gasteiger partial charge in [-0.1, -0.05) is 12.1 Å². The smallest absolute Gasteiger partial charge is 0.366 e. The molecule has 0 bridgehead atoms. The van der Waals surface area contributed by atoms with Gasteiger partial charge in [-0.25, -0.2) is 0 Å². The summed E-state index contributed by atoms with van der Waals surface area (Å²) < 4.78 is 24.3. The minimum absolute atomic E-state index is 0.0840. The third-order valence-corrected chi connectivity index (χ3v) is 4.51. The summed E-state index contributed by atoms with van der Waals surface area (Å²) in [6, 6.07) is 6.39. The summed E-state index contributed by atoms with van der Waals surface area (Å²) in [6.07, 6.45) is 0. The quantitative estimate of drug-likeness (QED) is 0.858. The second-order valence-electron chi connectivity index (χ2n) is 6.39. The predicted octanol–water partition coefficient (Wildman–Crippen LogP) is 3.84. The second-order valence-corrected chi connectivity index (χ2v) is 8.24. The van der Waals surface area contributed by atoms with Gasteiger partial charge in [-0.05, 0) is 53.7 Å². The van der Waals surface area contributed by atoms with Crippen molar-refractivity contribution < 1.29 is 18.7 Å². The zero-order valence-corrected chi connectivity index (χ0v) is 13.3. The summed E-state index contributed by atoms with van der Waals surface area (Å²) in [4.78, 5) is 0. The van der Waals surface area contributed by atoms with E-state index in [4.69, 9.17) is 9.05 Å². The van der Waals surface area contributed by atoms with Gasteiger partial charge in [0.25, 0.3) is 0 Å². The Balaban J connectivity index is 3.28. The van der Waals surface area contributed by atoms with Crippen LogP contribution in [0, 0.1) is 0 Å². The molecule has 0 aliphatic carbocycles. The van der Waals surface area contributed by atoms with E-state index in [-0.39, 0.29) is 11.1 Å². The van der Waals surface area contributed by atoms with Gasteiger partial charge in [0.15, 0.2) is 0 Å². The van der Waals surface area contributed by atoms with Crippen LogP contribution in [0.15, 0.2) is 24.3 Å². The van der Waals surface area contributed by atoms with Crippen LogP contribution in [0.3, 0.4) is 0 Å². The highest BCUT2D eigenvalue weighted by molar-refractivity contribution is 7.62. The maximum Gasteiger partial charge on any atom is 0.366 e. The van der Waals surface area contributed by atoms with Gasteiger partial charge in [-0.15, -0.1) is 0 Å². The molecule has 0 spiro atoms. The summed E-state index contributed by atoms with van der Waals surface area (Å²) in [5.74, 6) is -0.0840. The number of hydrogen-bond acceptors (Lipinski definition) is 4. The molecule has 0 saturated heterocycles. The summed E-state index contributed by atoms with van der Waals surface area (Å²) in [5, 5.41) is 10.1. The fourth-order valence-electron chi connectivity index (χ4n) is 1.53.